The largest absolute Gasteiger partial charge is 0.271 e. The summed E-state index contributed by atoms with van der Waals surface area (Å²) in [7, 11) is 0. The Bertz CT molecular complexity index is 173. The van der Waals surface area contributed by atoms with E-state index in [4.69, 9.17) is 5.84 Å². The van der Waals surface area contributed by atoms with E-state index < -0.39 is 0 Å². The van der Waals surface area contributed by atoms with Crippen LogP contribution in [0.4, 0.5) is 0 Å². The van der Waals surface area contributed by atoms with Crippen LogP contribution in [0.25, 0.3) is 0 Å². The molecule has 15 heavy (non-hydrogen) atoms. The Hall–Kier alpha value is -0.0800. The quantitative estimate of drug-likeness (QED) is 0.542. The zero-order valence-electron chi connectivity index (χ0n) is 10.7. The Balaban J connectivity index is 2.62. The van der Waals surface area contributed by atoms with Gasteiger partial charge in [-0.25, -0.2) is 0 Å². The molecule has 0 aromatic rings. The summed E-state index contributed by atoms with van der Waals surface area (Å²) in [6.07, 6.45) is 9.40. The molecule has 1 aliphatic rings. The minimum Gasteiger partial charge on any atom is -0.271 e. The first kappa shape index (κ1) is 13.0. The molecule has 0 aliphatic heterocycles. The summed E-state index contributed by atoms with van der Waals surface area (Å²) in [6.45, 7) is 7.02. The number of nitrogens with one attached hydrogen (secondary N) is 1. The van der Waals surface area contributed by atoms with Crippen LogP contribution in [0.15, 0.2) is 0 Å². The smallest absolute Gasteiger partial charge is 0.0289 e. The van der Waals surface area contributed by atoms with Crippen LogP contribution in [0.2, 0.25) is 0 Å². The predicted octanol–water partition coefficient (Wildman–Crippen LogP) is 3.22. The van der Waals surface area contributed by atoms with Crippen molar-refractivity contribution in [2.75, 3.05) is 0 Å². The van der Waals surface area contributed by atoms with Crippen molar-refractivity contribution >= 4 is 0 Å². The molecule has 0 spiro atoms. The maximum Gasteiger partial charge on any atom is 0.0289 e. The molecular formula is C13H28N2. The van der Waals surface area contributed by atoms with E-state index in [2.05, 4.69) is 26.2 Å². The molecule has 0 radical (unpaired) electrons. The first-order valence-electron chi connectivity index (χ1n) is 6.60. The SMILES string of the molecule is CCCC(C)C(NN)C1(C)CCCCC1. The molecule has 0 bridgehead atoms. The molecule has 3 N–H and O–H groups in total. The van der Waals surface area contributed by atoms with Crippen LogP contribution in [-0.2, 0) is 0 Å². The van der Waals surface area contributed by atoms with E-state index in [1.165, 1.54) is 44.9 Å². The first-order valence-corrected chi connectivity index (χ1v) is 6.60. The van der Waals surface area contributed by atoms with E-state index >= 15 is 0 Å². The van der Waals surface area contributed by atoms with Crippen LogP contribution in [0.3, 0.4) is 0 Å². The van der Waals surface area contributed by atoms with Gasteiger partial charge in [0.15, 0.2) is 0 Å². The monoisotopic (exact) mass is 212 g/mol. The van der Waals surface area contributed by atoms with Crippen molar-refractivity contribution in [3.63, 3.8) is 0 Å². The molecule has 0 heterocycles. The lowest BCUT2D eigenvalue weighted by Gasteiger charge is -2.43. The van der Waals surface area contributed by atoms with Gasteiger partial charge in [0, 0.05) is 6.04 Å². The van der Waals surface area contributed by atoms with Crippen molar-refractivity contribution in [3.05, 3.63) is 0 Å². The number of hydrogen-bond donors (Lipinski definition) is 2. The molecule has 2 heteroatoms. The minimum absolute atomic E-state index is 0.432. The second-order valence-electron chi connectivity index (χ2n) is 5.62. The summed E-state index contributed by atoms with van der Waals surface area (Å²) in [4.78, 5) is 0. The lowest BCUT2D eigenvalue weighted by Crippen LogP contribution is -2.51. The second kappa shape index (κ2) is 5.86. The second-order valence-corrected chi connectivity index (χ2v) is 5.62. The van der Waals surface area contributed by atoms with Crippen molar-refractivity contribution in [2.24, 2.45) is 17.2 Å². The summed E-state index contributed by atoms with van der Waals surface area (Å²) in [5.41, 5.74) is 3.53. The maximum atomic E-state index is 5.77. The molecule has 0 aromatic heterocycles. The Kier molecular flexibility index (Phi) is 5.07. The van der Waals surface area contributed by atoms with Gasteiger partial charge in [-0.05, 0) is 30.6 Å². The molecule has 1 aliphatic carbocycles. The highest BCUT2D eigenvalue weighted by atomic mass is 15.2. The average Bonchev–Trinajstić information content (AvgIpc) is 2.19. The Morgan fingerprint density at radius 2 is 1.87 bits per heavy atom. The van der Waals surface area contributed by atoms with E-state index in [1.807, 2.05) is 0 Å². The van der Waals surface area contributed by atoms with Crippen molar-refractivity contribution in [1.82, 2.24) is 5.43 Å². The van der Waals surface area contributed by atoms with Crippen molar-refractivity contribution in [3.8, 4) is 0 Å². The molecule has 0 aromatic carbocycles. The van der Waals surface area contributed by atoms with Gasteiger partial charge in [-0.3, -0.25) is 11.3 Å². The topological polar surface area (TPSA) is 38.0 Å². The van der Waals surface area contributed by atoms with Gasteiger partial charge in [0.1, 0.15) is 0 Å². The number of hydrogen-bond acceptors (Lipinski definition) is 2. The minimum atomic E-state index is 0.432. The highest BCUT2D eigenvalue weighted by Crippen LogP contribution is 2.41. The molecule has 0 saturated heterocycles. The van der Waals surface area contributed by atoms with E-state index in [0.29, 0.717) is 17.4 Å². The van der Waals surface area contributed by atoms with Gasteiger partial charge in [-0.15, -0.1) is 0 Å². The van der Waals surface area contributed by atoms with Gasteiger partial charge < -0.3 is 0 Å². The third-order valence-electron chi connectivity index (χ3n) is 4.24. The lowest BCUT2D eigenvalue weighted by atomic mass is 9.67. The fourth-order valence-electron chi connectivity index (χ4n) is 3.34. The van der Waals surface area contributed by atoms with Gasteiger partial charge >= 0.3 is 0 Å². The molecule has 1 saturated carbocycles. The van der Waals surface area contributed by atoms with E-state index in [0.717, 1.165) is 0 Å². The summed E-state index contributed by atoms with van der Waals surface area (Å²) in [5, 5.41) is 0. The van der Waals surface area contributed by atoms with Gasteiger partial charge in [0.2, 0.25) is 0 Å². The summed E-state index contributed by atoms with van der Waals surface area (Å²) < 4.78 is 0. The highest BCUT2D eigenvalue weighted by Gasteiger charge is 2.37. The third-order valence-corrected chi connectivity index (χ3v) is 4.24. The molecule has 0 amide bonds. The van der Waals surface area contributed by atoms with E-state index in [9.17, 15) is 0 Å². The van der Waals surface area contributed by atoms with Crippen molar-refractivity contribution in [1.29, 1.82) is 0 Å². The van der Waals surface area contributed by atoms with Crippen LogP contribution in [0.5, 0.6) is 0 Å². The molecule has 90 valence electrons. The first-order chi connectivity index (χ1) is 7.14. The summed E-state index contributed by atoms with van der Waals surface area (Å²) >= 11 is 0. The van der Waals surface area contributed by atoms with Gasteiger partial charge in [-0.1, -0.05) is 46.5 Å². The van der Waals surface area contributed by atoms with Crippen LogP contribution in [-0.4, -0.2) is 6.04 Å². The number of nitrogens with two attached hydrogens (primary N) is 1. The fraction of sp³-hybridized carbons (Fsp3) is 1.00. The van der Waals surface area contributed by atoms with Crippen LogP contribution in [0, 0.1) is 11.3 Å². The zero-order chi connectivity index (χ0) is 11.3. The zero-order valence-corrected chi connectivity index (χ0v) is 10.7. The van der Waals surface area contributed by atoms with Crippen LogP contribution >= 0.6 is 0 Å². The number of rotatable bonds is 5. The third kappa shape index (κ3) is 3.18. The predicted molar refractivity (Wildman–Crippen MR) is 66.4 cm³/mol. The van der Waals surface area contributed by atoms with Crippen molar-refractivity contribution < 1.29 is 0 Å². The maximum absolute atomic E-state index is 5.77. The highest BCUT2D eigenvalue weighted by molar-refractivity contribution is 4.91. The van der Waals surface area contributed by atoms with Crippen LogP contribution < -0.4 is 11.3 Å². The normalized spacial score (nSPS) is 24.8. The number of hydrazine groups is 1. The summed E-state index contributed by atoms with van der Waals surface area (Å²) in [5.74, 6) is 6.47. The van der Waals surface area contributed by atoms with E-state index in [1.54, 1.807) is 0 Å². The fourth-order valence-corrected chi connectivity index (χ4v) is 3.34. The van der Waals surface area contributed by atoms with Gasteiger partial charge in [-0.2, -0.15) is 0 Å². The Labute approximate surface area is 95.0 Å². The molecule has 2 atom stereocenters. The van der Waals surface area contributed by atoms with Crippen LogP contribution in [0.1, 0.15) is 65.7 Å². The van der Waals surface area contributed by atoms with Crippen molar-refractivity contribution in [2.45, 2.75) is 71.8 Å². The standard InChI is InChI=1S/C13H28N2/c1-4-8-11(2)12(15-14)13(3)9-6-5-7-10-13/h11-12,15H,4-10,14H2,1-3H3. The van der Waals surface area contributed by atoms with E-state index in [-0.39, 0.29) is 0 Å². The summed E-state index contributed by atoms with van der Waals surface area (Å²) in [6, 6.07) is 0.498. The van der Waals surface area contributed by atoms with Gasteiger partial charge in [0.05, 0.1) is 0 Å². The Morgan fingerprint density at radius 1 is 1.27 bits per heavy atom. The lowest BCUT2D eigenvalue weighted by molar-refractivity contribution is 0.104. The molecule has 1 rings (SSSR count). The Morgan fingerprint density at radius 3 is 2.33 bits per heavy atom. The van der Waals surface area contributed by atoms with Gasteiger partial charge in [0.25, 0.3) is 0 Å². The molecule has 1 fully saturated rings. The average molecular weight is 212 g/mol. The molecular weight excluding hydrogens is 184 g/mol. The molecule has 2 nitrogen and oxygen atoms in total. The molecule has 2 unspecified atom stereocenters.